The number of unbranched alkanes of at least 4 members (excludes halogenated alkanes) is 1. The van der Waals surface area contributed by atoms with Crippen LogP contribution in [-0.4, -0.2) is 46.7 Å². The number of aliphatic hydroxyl groups excluding tert-OH is 1. The minimum atomic E-state index is -1.41. The Hall–Kier alpha value is -1.27. The van der Waals surface area contributed by atoms with Crippen molar-refractivity contribution < 1.29 is 15.0 Å². The van der Waals surface area contributed by atoms with Gasteiger partial charge in [-0.1, -0.05) is 13.3 Å². The topological polar surface area (TPSA) is 103 Å². The monoisotopic (exact) mass is 245 g/mol. The van der Waals surface area contributed by atoms with E-state index in [1.807, 2.05) is 24.3 Å². The predicted molar refractivity (Wildman–Crippen MR) is 63.9 cm³/mol. The van der Waals surface area contributed by atoms with E-state index in [2.05, 4.69) is 11.8 Å². The molecule has 0 bridgehead atoms. The lowest BCUT2D eigenvalue weighted by Crippen LogP contribution is -2.44. The standard InChI is InChI=1S/C11H20N2O3.H3N/c1-3-4-5-13-7-6-12(2)10(13)8-9(14)11(15)16;/h6-7,9-10,14H,3-5,8H2,1-2H3,(H,15,16);1H3. The maximum atomic E-state index is 10.5. The van der Waals surface area contributed by atoms with Crippen molar-refractivity contribution in [1.29, 1.82) is 0 Å². The second-order valence-electron chi connectivity index (χ2n) is 4.11. The summed E-state index contributed by atoms with van der Waals surface area (Å²) < 4.78 is 0. The van der Waals surface area contributed by atoms with Crippen LogP contribution < -0.4 is 11.3 Å². The number of aliphatic carboxylic acids is 1. The lowest BCUT2D eigenvalue weighted by molar-refractivity contribution is -0.315. The van der Waals surface area contributed by atoms with Gasteiger partial charge in [-0.3, -0.25) is 0 Å². The summed E-state index contributed by atoms with van der Waals surface area (Å²) in [5.41, 5.74) is 0. The average Bonchev–Trinajstić information content (AvgIpc) is 2.57. The van der Waals surface area contributed by atoms with Crippen LogP contribution in [0.5, 0.6) is 0 Å². The smallest absolute Gasteiger partial charge is 0.103 e. The number of quaternary nitrogens is 1. The van der Waals surface area contributed by atoms with Gasteiger partial charge < -0.3 is 31.0 Å². The Morgan fingerprint density at radius 3 is 2.71 bits per heavy atom. The van der Waals surface area contributed by atoms with Crippen LogP contribution in [0.4, 0.5) is 0 Å². The fraction of sp³-hybridized carbons (Fsp3) is 0.727. The normalized spacial score (nSPS) is 20.3. The fourth-order valence-electron chi connectivity index (χ4n) is 1.79. The number of hydrogen-bond donors (Lipinski definition) is 2. The third kappa shape index (κ3) is 4.24. The maximum absolute atomic E-state index is 10.5. The molecule has 0 saturated heterocycles. The molecule has 1 aliphatic heterocycles. The number of carboxylic acids is 1. The third-order valence-electron chi connectivity index (χ3n) is 2.82. The lowest BCUT2D eigenvalue weighted by atomic mass is 10.2. The number of aliphatic hydroxyl groups is 1. The Morgan fingerprint density at radius 2 is 2.18 bits per heavy atom. The SMILES string of the molecule is CCCCN1C=CN(C)C1CC(O)C(=O)[O-].[NH4+]. The van der Waals surface area contributed by atoms with Crippen LogP contribution in [0.3, 0.4) is 0 Å². The summed E-state index contributed by atoms with van der Waals surface area (Å²) in [5.74, 6) is -1.41. The molecule has 0 spiro atoms. The first kappa shape index (κ1) is 15.7. The van der Waals surface area contributed by atoms with E-state index in [0.717, 1.165) is 19.4 Å². The zero-order valence-electron chi connectivity index (χ0n) is 10.8. The quantitative estimate of drug-likeness (QED) is 0.669. The first-order chi connectivity index (χ1) is 7.56. The second-order valence-corrected chi connectivity index (χ2v) is 4.11. The van der Waals surface area contributed by atoms with Gasteiger partial charge in [0.05, 0.1) is 12.1 Å². The van der Waals surface area contributed by atoms with Crippen molar-refractivity contribution >= 4 is 5.97 Å². The van der Waals surface area contributed by atoms with E-state index in [9.17, 15) is 15.0 Å². The molecule has 5 N–H and O–H groups in total. The number of nitrogens with zero attached hydrogens (tertiary/aromatic N) is 2. The van der Waals surface area contributed by atoms with Crippen LogP contribution in [0.1, 0.15) is 26.2 Å². The van der Waals surface area contributed by atoms with E-state index in [1.165, 1.54) is 0 Å². The van der Waals surface area contributed by atoms with Gasteiger partial charge in [0.2, 0.25) is 0 Å². The van der Waals surface area contributed by atoms with Crippen molar-refractivity contribution in [3.63, 3.8) is 0 Å². The maximum Gasteiger partial charge on any atom is 0.103 e. The van der Waals surface area contributed by atoms with Crippen molar-refractivity contribution in [2.75, 3.05) is 13.6 Å². The molecule has 0 aromatic heterocycles. The predicted octanol–water partition coefficient (Wildman–Crippen LogP) is -0.292. The van der Waals surface area contributed by atoms with Crippen LogP contribution >= 0.6 is 0 Å². The van der Waals surface area contributed by atoms with Gasteiger partial charge in [0.1, 0.15) is 6.17 Å². The summed E-state index contributed by atoms with van der Waals surface area (Å²) in [7, 11) is 1.87. The molecule has 0 aliphatic carbocycles. The third-order valence-corrected chi connectivity index (χ3v) is 2.82. The first-order valence-electron chi connectivity index (χ1n) is 5.61. The highest BCUT2D eigenvalue weighted by Crippen LogP contribution is 2.19. The Kier molecular flexibility index (Phi) is 6.60. The van der Waals surface area contributed by atoms with Crippen molar-refractivity contribution in [2.24, 2.45) is 0 Å². The zero-order chi connectivity index (χ0) is 12.1. The van der Waals surface area contributed by atoms with E-state index in [-0.39, 0.29) is 18.7 Å². The first-order valence-corrected chi connectivity index (χ1v) is 5.61. The average molecular weight is 245 g/mol. The van der Waals surface area contributed by atoms with Gasteiger partial charge >= 0.3 is 0 Å². The lowest BCUT2D eigenvalue weighted by Gasteiger charge is -2.32. The Labute approximate surface area is 102 Å². The highest BCUT2D eigenvalue weighted by Gasteiger charge is 2.25. The van der Waals surface area contributed by atoms with Crippen LogP contribution in [0, 0.1) is 0 Å². The van der Waals surface area contributed by atoms with Gasteiger partial charge in [-0.15, -0.1) is 0 Å². The van der Waals surface area contributed by atoms with E-state index >= 15 is 0 Å². The second kappa shape index (κ2) is 7.13. The Bertz CT molecular complexity index is 271. The molecular weight excluding hydrogens is 222 g/mol. The zero-order valence-corrected chi connectivity index (χ0v) is 10.8. The molecule has 6 heteroatoms. The van der Waals surface area contributed by atoms with Gasteiger partial charge in [-0.2, -0.15) is 0 Å². The highest BCUT2D eigenvalue weighted by atomic mass is 16.4. The van der Waals surface area contributed by atoms with Crippen molar-refractivity contribution in [3.8, 4) is 0 Å². The minimum Gasteiger partial charge on any atom is -0.547 e. The highest BCUT2D eigenvalue weighted by molar-refractivity contribution is 5.69. The summed E-state index contributed by atoms with van der Waals surface area (Å²) in [6.07, 6.45) is 4.64. The summed E-state index contributed by atoms with van der Waals surface area (Å²) in [5, 5.41) is 19.8. The molecule has 0 aromatic rings. The number of carboxylic acid groups (broad SMARTS) is 1. The van der Waals surface area contributed by atoms with Crippen molar-refractivity contribution in [1.82, 2.24) is 16.0 Å². The van der Waals surface area contributed by atoms with Gasteiger partial charge in [0.25, 0.3) is 0 Å². The summed E-state index contributed by atoms with van der Waals surface area (Å²) in [6, 6.07) is 0. The van der Waals surface area contributed by atoms with Gasteiger partial charge in [-0.25, -0.2) is 0 Å². The van der Waals surface area contributed by atoms with Gasteiger partial charge in [-0.05, 0) is 6.42 Å². The molecule has 2 unspecified atom stereocenters. The van der Waals surface area contributed by atoms with E-state index < -0.39 is 12.1 Å². The Balaban J connectivity index is 0.00000256. The molecule has 100 valence electrons. The molecule has 17 heavy (non-hydrogen) atoms. The summed E-state index contributed by atoms with van der Waals surface area (Å²) in [4.78, 5) is 14.5. The molecule has 2 atom stereocenters. The molecule has 0 fully saturated rings. The van der Waals surface area contributed by atoms with Crippen LogP contribution in [-0.2, 0) is 4.79 Å². The number of rotatable bonds is 6. The minimum absolute atomic E-state index is 0. The number of carbonyl (C=O) groups excluding carboxylic acids is 1. The molecular formula is C11H23N3O3. The van der Waals surface area contributed by atoms with Crippen LogP contribution in [0.2, 0.25) is 0 Å². The molecule has 0 aromatic carbocycles. The summed E-state index contributed by atoms with van der Waals surface area (Å²) >= 11 is 0. The largest absolute Gasteiger partial charge is 0.547 e. The van der Waals surface area contributed by atoms with Crippen LogP contribution in [0.15, 0.2) is 12.4 Å². The fourth-order valence-corrected chi connectivity index (χ4v) is 1.79. The van der Waals surface area contributed by atoms with Crippen molar-refractivity contribution in [2.45, 2.75) is 38.5 Å². The Morgan fingerprint density at radius 1 is 1.53 bits per heavy atom. The van der Waals surface area contributed by atoms with Crippen LogP contribution in [0.25, 0.3) is 0 Å². The van der Waals surface area contributed by atoms with E-state index in [0.29, 0.717) is 0 Å². The van der Waals surface area contributed by atoms with E-state index in [1.54, 1.807) is 0 Å². The molecule has 0 radical (unpaired) electrons. The van der Waals surface area contributed by atoms with Gasteiger partial charge in [0.15, 0.2) is 0 Å². The van der Waals surface area contributed by atoms with Crippen molar-refractivity contribution in [3.05, 3.63) is 12.4 Å². The molecule has 0 saturated carbocycles. The molecule has 0 amide bonds. The number of carbonyl (C=O) groups is 1. The van der Waals surface area contributed by atoms with E-state index in [4.69, 9.17) is 0 Å². The number of hydrogen-bond acceptors (Lipinski definition) is 5. The molecule has 1 heterocycles. The summed E-state index contributed by atoms with van der Waals surface area (Å²) in [6.45, 7) is 2.98. The molecule has 6 nitrogen and oxygen atoms in total. The van der Waals surface area contributed by atoms with Gasteiger partial charge in [0, 0.05) is 32.4 Å². The molecule has 1 aliphatic rings. The molecule has 1 rings (SSSR count).